The van der Waals surface area contributed by atoms with Crippen molar-refractivity contribution < 1.29 is 4.79 Å². The molecule has 4 rings (SSSR count). The highest BCUT2D eigenvalue weighted by atomic mass is 32.1. The first kappa shape index (κ1) is 17.8. The van der Waals surface area contributed by atoms with E-state index in [4.69, 9.17) is 0 Å². The van der Waals surface area contributed by atoms with Gasteiger partial charge in [-0.05, 0) is 50.6 Å². The maximum absolute atomic E-state index is 12.5. The molecule has 1 fully saturated rings. The molecular formula is C21H22N4OS. The fourth-order valence-electron chi connectivity index (χ4n) is 3.22. The van der Waals surface area contributed by atoms with Gasteiger partial charge in [0.25, 0.3) is 5.91 Å². The average molecular weight is 379 g/mol. The molecule has 0 atom stereocenters. The molecule has 1 amide bonds. The molecule has 6 heteroatoms. The summed E-state index contributed by atoms with van der Waals surface area (Å²) in [5.41, 5.74) is 4.08. The Balaban J connectivity index is 1.39. The summed E-state index contributed by atoms with van der Waals surface area (Å²) in [6.07, 6.45) is 2.57. The molecule has 0 saturated carbocycles. The van der Waals surface area contributed by atoms with Crippen LogP contribution in [0.5, 0.6) is 0 Å². The van der Waals surface area contributed by atoms with Crippen molar-refractivity contribution >= 4 is 22.4 Å². The second-order valence-electron chi connectivity index (χ2n) is 6.91. The molecule has 0 radical (unpaired) electrons. The van der Waals surface area contributed by atoms with Gasteiger partial charge in [0, 0.05) is 17.7 Å². The van der Waals surface area contributed by atoms with Gasteiger partial charge in [0.2, 0.25) is 5.13 Å². The summed E-state index contributed by atoms with van der Waals surface area (Å²) in [6, 6.07) is 15.9. The van der Waals surface area contributed by atoms with Crippen LogP contribution in [0.25, 0.3) is 10.6 Å². The number of benzene rings is 2. The molecule has 27 heavy (non-hydrogen) atoms. The zero-order valence-corrected chi connectivity index (χ0v) is 16.1. The number of likely N-dealkylation sites (tertiary alicyclic amines) is 1. The minimum atomic E-state index is -0.158. The highest BCUT2D eigenvalue weighted by molar-refractivity contribution is 7.18. The molecule has 0 aliphatic carbocycles. The predicted molar refractivity (Wildman–Crippen MR) is 109 cm³/mol. The van der Waals surface area contributed by atoms with E-state index in [1.807, 2.05) is 55.5 Å². The predicted octanol–water partition coefficient (Wildman–Crippen LogP) is 4.36. The van der Waals surface area contributed by atoms with Crippen molar-refractivity contribution in [3.05, 3.63) is 65.2 Å². The normalized spacial score (nSPS) is 14.4. The van der Waals surface area contributed by atoms with Gasteiger partial charge in [0.15, 0.2) is 0 Å². The number of carbonyl (C=O) groups excluding carboxylic acids is 1. The van der Waals surface area contributed by atoms with Gasteiger partial charge in [-0.15, -0.1) is 10.2 Å². The van der Waals surface area contributed by atoms with E-state index in [0.29, 0.717) is 10.7 Å². The van der Waals surface area contributed by atoms with Gasteiger partial charge in [-0.2, -0.15) is 0 Å². The Labute approximate surface area is 163 Å². The summed E-state index contributed by atoms with van der Waals surface area (Å²) in [5, 5.41) is 12.4. The number of nitrogens with one attached hydrogen (secondary N) is 1. The number of rotatable bonds is 5. The van der Waals surface area contributed by atoms with Crippen molar-refractivity contribution in [2.45, 2.75) is 26.3 Å². The third kappa shape index (κ3) is 4.40. The summed E-state index contributed by atoms with van der Waals surface area (Å²) in [4.78, 5) is 14.9. The lowest BCUT2D eigenvalue weighted by Crippen LogP contribution is -2.18. The Morgan fingerprint density at radius 1 is 1.04 bits per heavy atom. The Morgan fingerprint density at radius 3 is 2.44 bits per heavy atom. The van der Waals surface area contributed by atoms with Gasteiger partial charge in [0.1, 0.15) is 5.01 Å². The molecule has 1 N–H and O–H groups in total. The van der Waals surface area contributed by atoms with Gasteiger partial charge < -0.3 is 0 Å². The van der Waals surface area contributed by atoms with Crippen LogP contribution in [0.2, 0.25) is 0 Å². The molecule has 0 spiro atoms. The Morgan fingerprint density at radius 2 is 1.74 bits per heavy atom. The van der Waals surface area contributed by atoms with Gasteiger partial charge >= 0.3 is 0 Å². The summed E-state index contributed by atoms with van der Waals surface area (Å²) in [7, 11) is 0. The van der Waals surface area contributed by atoms with Crippen molar-refractivity contribution in [1.29, 1.82) is 0 Å². The fourth-order valence-corrected chi connectivity index (χ4v) is 3.96. The largest absolute Gasteiger partial charge is 0.299 e. The summed E-state index contributed by atoms with van der Waals surface area (Å²) in [6.45, 7) is 5.34. The van der Waals surface area contributed by atoms with Crippen LogP contribution < -0.4 is 5.32 Å². The molecule has 2 aromatic carbocycles. The van der Waals surface area contributed by atoms with E-state index in [9.17, 15) is 4.79 Å². The van der Waals surface area contributed by atoms with Crippen molar-refractivity contribution in [3.63, 3.8) is 0 Å². The third-order valence-electron chi connectivity index (χ3n) is 4.76. The average Bonchev–Trinajstić information content (AvgIpc) is 3.35. The summed E-state index contributed by atoms with van der Waals surface area (Å²) >= 11 is 1.38. The number of aromatic nitrogens is 2. The van der Waals surface area contributed by atoms with Crippen LogP contribution >= 0.6 is 11.3 Å². The van der Waals surface area contributed by atoms with E-state index in [1.165, 1.54) is 48.4 Å². The molecule has 0 bridgehead atoms. The molecular weight excluding hydrogens is 356 g/mol. The van der Waals surface area contributed by atoms with Crippen LogP contribution in [-0.4, -0.2) is 34.1 Å². The van der Waals surface area contributed by atoms with Crippen LogP contribution in [0, 0.1) is 6.92 Å². The number of hydrogen-bond acceptors (Lipinski definition) is 5. The van der Waals surface area contributed by atoms with Crippen molar-refractivity contribution in [1.82, 2.24) is 15.1 Å². The lowest BCUT2D eigenvalue weighted by molar-refractivity contribution is 0.102. The third-order valence-corrected chi connectivity index (χ3v) is 5.65. The highest BCUT2D eigenvalue weighted by Gasteiger charge is 2.13. The van der Waals surface area contributed by atoms with Crippen LogP contribution in [0.1, 0.15) is 34.3 Å². The quantitative estimate of drug-likeness (QED) is 0.717. The zero-order valence-electron chi connectivity index (χ0n) is 15.3. The van der Waals surface area contributed by atoms with E-state index >= 15 is 0 Å². The van der Waals surface area contributed by atoms with E-state index in [0.717, 1.165) is 17.1 Å². The molecule has 1 aliphatic heterocycles. The van der Waals surface area contributed by atoms with Gasteiger partial charge in [-0.1, -0.05) is 53.3 Å². The Kier molecular flexibility index (Phi) is 5.27. The van der Waals surface area contributed by atoms with E-state index < -0.39 is 0 Å². The molecule has 138 valence electrons. The lowest BCUT2D eigenvalue weighted by atomic mass is 10.1. The Bertz CT molecular complexity index is 912. The lowest BCUT2D eigenvalue weighted by Gasteiger charge is -2.14. The number of anilines is 1. The monoisotopic (exact) mass is 378 g/mol. The maximum atomic E-state index is 12.5. The van der Waals surface area contributed by atoms with Crippen molar-refractivity contribution in [2.75, 3.05) is 18.4 Å². The van der Waals surface area contributed by atoms with Crippen LogP contribution in [0.3, 0.4) is 0 Å². The molecule has 5 nitrogen and oxygen atoms in total. The number of amides is 1. The second-order valence-corrected chi connectivity index (χ2v) is 7.89. The topological polar surface area (TPSA) is 58.1 Å². The Hall–Kier alpha value is -2.57. The standard InChI is InChI=1S/C21H22N4OS/c1-15-4-8-18(9-5-15)20-23-24-21(27-20)22-19(26)17-10-6-16(7-11-17)14-25-12-2-3-13-25/h4-11H,2-3,12-14H2,1H3,(H,22,24,26). The van der Waals surface area contributed by atoms with E-state index in [-0.39, 0.29) is 5.91 Å². The molecule has 1 saturated heterocycles. The maximum Gasteiger partial charge on any atom is 0.257 e. The van der Waals surface area contributed by atoms with Crippen LogP contribution in [-0.2, 0) is 6.54 Å². The van der Waals surface area contributed by atoms with Crippen molar-refractivity contribution in [2.24, 2.45) is 0 Å². The fraction of sp³-hybridized carbons (Fsp3) is 0.286. The second kappa shape index (κ2) is 7.98. The first-order chi connectivity index (χ1) is 13.2. The summed E-state index contributed by atoms with van der Waals surface area (Å²) in [5.74, 6) is -0.158. The van der Waals surface area contributed by atoms with Crippen molar-refractivity contribution in [3.8, 4) is 10.6 Å². The highest BCUT2D eigenvalue weighted by Crippen LogP contribution is 2.26. The minimum absolute atomic E-state index is 0.158. The molecule has 1 aromatic heterocycles. The van der Waals surface area contributed by atoms with Crippen LogP contribution in [0.15, 0.2) is 48.5 Å². The molecule has 2 heterocycles. The zero-order chi connectivity index (χ0) is 18.6. The first-order valence-corrected chi connectivity index (χ1v) is 10.0. The molecule has 0 unspecified atom stereocenters. The smallest absolute Gasteiger partial charge is 0.257 e. The van der Waals surface area contributed by atoms with E-state index in [1.54, 1.807) is 0 Å². The summed E-state index contributed by atoms with van der Waals surface area (Å²) < 4.78 is 0. The van der Waals surface area contributed by atoms with Gasteiger partial charge in [-0.25, -0.2) is 0 Å². The van der Waals surface area contributed by atoms with Gasteiger partial charge in [-0.3, -0.25) is 15.0 Å². The molecule has 3 aromatic rings. The minimum Gasteiger partial charge on any atom is -0.299 e. The number of aryl methyl sites for hydroxylation is 1. The number of nitrogens with zero attached hydrogens (tertiary/aromatic N) is 3. The van der Waals surface area contributed by atoms with E-state index in [2.05, 4.69) is 20.4 Å². The van der Waals surface area contributed by atoms with Gasteiger partial charge in [0.05, 0.1) is 0 Å². The molecule has 1 aliphatic rings. The SMILES string of the molecule is Cc1ccc(-c2nnc(NC(=O)c3ccc(CN4CCCC4)cc3)s2)cc1. The first-order valence-electron chi connectivity index (χ1n) is 9.20. The van der Waals surface area contributed by atoms with Crippen LogP contribution in [0.4, 0.5) is 5.13 Å². The number of hydrogen-bond donors (Lipinski definition) is 1. The number of carbonyl (C=O) groups is 1.